The van der Waals surface area contributed by atoms with E-state index in [2.05, 4.69) is 0 Å². The molecule has 11 heavy (non-hydrogen) atoms. The quantitative estimate of drug-likeness (QED) is 0.565. The Labute approximate surface area is 66.7 Å². The van der Waals surface area contributed by atoms with E-state index < -0.39 is 0 Å². The maximum Gasteiger partial charge on any atom is 0.155 e. The molecule has 1 fully saturated rings. The molecule has 3 nitrogen and oxygen atoms in total. The van der Waals surface area contributed by atoms with Crippen LogP contribution in [0.1, 0.15) is 26.7 Å². The van der Waals surface area contributed by atoms with Crippen molar-refractivity contribution in [3.05, 3.63) is 0 Å². The van der Waals surface area contributed by atoms with E-state index in [0.29, 0.717) is 6.42 Å². The Morgan fingerprint density at radius 3 is 2.73 bits per heavy atom. The maximum absolute atomic E-state index is 10.2. The lowest BCUT2D eigenvalue weighted by Crippen LogP contribution is -2.35. The normalized spacial score (nSPS) is 38.5. The summed E-state index contributed by atoms with van der Waals surface area (Å²) in [6, 6.07) is 0. The fourth-order valence-electron chi connectivity index (χ4n) is 1.37. The van der Waals surface area contributed by atoms with Crippen molar-refractivity contribution in [3.8, 4) is 0 Å². The van der Waals surface area contributed by atoms with Crippen molar-refractivity contribution in [3.63, 3.8) is 0 Å². The largest absolute Gasteiger partial charge is 0.350 e. The summed E-state index contributed by atoms with van der Waals surface area (Å²) in [6.45, 7) is 3.85. The predicted molar refractivity (Wildman–Crippen MR) is 40.2 cm³/mol. The summed E-state index contributed by atoms with van der Waals surface area (Å²) in [5.41, 5.74) is 0. The van der Waals surface area contributed by atoms with Gasteiger partial charge < -0.3 is 14.3 Å². The molecule has 0 bridgehead atoms. The zero-order chi connectivity index (χ0) is 8.27. The van der Waals surface area contributed by atoms with Gasteiger partial charge in [0.05, 0.1) is 12.2 Å². The molecular formula is C8H14O3. The second-order valence-corrected chi connectivity index (χ2v) is 2.91. The lowest BCUT2D eigenvalue weighted by Gasteiger charge is -2.31. The average Bonchev–Trinajstić information content (AvgIpc) is 1.85. The molecular weight excluding hydrogens is 144 g/mol. The average molecular weight is 158 g/mol. The molecule has 0 aliphatic carbocycles. The van der Waals surface area contributed by atoms with Gasteiger partial charge in [-0.2, -0.15) is 0 Å². The van der Waals surface area contributed by atoms with Crippen LogP contribution in [0, 0.1) is 0 Å². The van der Waals surface area contributed by atoms with Crippen molar-refractivity contribution in [2.24, 2.45) is 0 Å². The highest BCUT2D eigenvalue weighted by atomic mass is 16.7. The summed E-state index contributed by atoms with van der Waals surface area (Å²) in [5.74, 6) is 0. The summed E-state index contributed by atoms with van der Waals surface area (Å²) >= 11 is 0. The molecule has 0 aromatic rings. The van der Waals surface area contributed by atoms with Crippen molar-refractivity contribution in [2.75, 3.05) is 0 Å². The van der Waals surface area contributed by atoms with E-state index in [1.165, 1.54) is 0 Å². The number of rotatable bonds is 2. The van der Waals surface area contributed by atoms with Gasteiger partial charge in [-0.25, -0.2) is 0 Å². The zero-order valence-electron chi connectivity index (χ0n) is 6.95. The molecule has 0 saturated carbocycles. The minimum atomic E-state index is -0.163. The van der Waals surface area contributed by atoms with Crippen molar-refractivity contribution in [2.45, 2.75) is 45.2 Å². The number of ether oxygens (including phenoxy) is 2. The minimum Gasteiger partial charge on any atom is -0.350 e. The number of carbonyl (C=O) groups is 1. The fourth-order valence-corrected chi connectivity index (χ4v) is 1.37. The highest BCUT2D eigenvalue weighted by molar-refractivity contribution is 5.50. The summed E-state index contributed by atoms with van der Waals surface area (Å²) in [7, 11) is 0. The van der Waals surface area contributed by atoms with Gasteiger partial charge in [0.2, 0.25) is 0 Å². The first kappa shape index (κ1) is 8.68. The van der Waals surface area contributed by atoms with Crippen LogP contribution in [0.15, 0.2) is 0 Å². The third kappa shape index (κ3) is 2.60. The molecule has 0 amide bonds. The van der Waals surface area contributed by atoms with Crippen molar-refractivity contribution < 1.29 is 14.3 Å². The number of hydrogen-bond acceptors (Lipinski definition) is 3. The number of aldehydes is 1. The summed E-state index contributed by atoms with van der Waals surface area (Å²) in [6.07, 6.45) is 2.31. The van der Waals surface area contributed by atoms with Gasteiger partial charge in [0.15, 0.2) is 6.29 Å². The first-order valence-electron chi connectivity index (χ1n) is 3.97. The fraction of sp³-hybridized carbons (Fsp3) is 0.875. The second-order valence-electron chi connectivity index (χ2n) is 2.91. The van der Waals surface area contributed by atoms with Crippen LogP contribution in [0.3, 0.4) is 0 Å². The molecule has 1 rings (SSSR count). The van der Waals surface area contributed by atoms with Crippen LogP contribution in [0.2, 0.25) is 0 Å². The lowest BCUT2D eigenvalue weighted by molar-refractivity contribution is -0.228. The highest BCUT2D eigenvalue weighted by Gasteiger charge is 2.23. The van der Waals surface area contributed by atoms with Crippen LogP contribution < -0.4 is 0 Å². The smallest absolute Gasteiger partial charge is 0.155 e. The monoisotopic (exact) mass is 158 g/mol. The highest BCUT2D eigenvalue weighted by Crippen LogP contribution is 2.19. The Kier molecular flexibility index (Phi) is 3.02. The SMILES string of the molecule is C[C@@H]1O[C@H](CC=O)C[C@H](C)O1. The Morgan fingerprint density at radius 1 is 1.45 bits per heavy atom. The Balaban J connectivity index is 2.36. The van der Waals surface area contributed by atoms with E-state index in [4.69, 9.17) is 9.47 Å². The van der Waals surface area contributed by atoms with Crippen molar-refractivity contribution >= 4 is 6.29 Å². The van der Waals surface area contributed by atoms with E-state index in [9.17, 15) is 4.79 Å². The van der Waals surface area contributed by atoms with Gasteiger partial charge in [-0.1, -0.05) is 0 Å². The van der Waals surface area contributed by atoms with Crippen LogP contribution in [0.25, 0.3) is 0 Å². The van der Waals surface area contributed by atoms with E-state index in [0.717, 1.165) is 12.7 Å². The van der Waals surface area contributed by atoms with Crippen LogP contribution in [0.4, 0.5) is 0 Å². The zero-order valence-corrected chi connectivity index (χ0v) is 6.95. The van der Waals surface area contributed by atoms with Crippen LogP contribution in [-0.2, 0) is 14.3 Å². The molecule has 3 heteroatoms. The topological polar surface area (TPSA) is 35.5 Å². The molecule has 1 aliphatic heterocycles. The van der Waals surface area contributed by atoms with Crippen molar-refractivity contribution in [1.82, 2.24) is 0 Å². The molecule has 64 valence electrons. The second kappa shape index (κ2) is 3.83. The van der Waals surface area contributed by atoms with Gasteiger partial charge in [-0.3, -0.25) is 0 Å². The Morgan fingerprint density at radius 2 is 2.18 bits per heavy atom. The van der Waals surface area contributed by atoms with E-state index in [1.807, 2.05) is 13.8 Å². The lowest BCUT2D eigenvalue weighted by atomic mass is 10.1. The first-order chi connectivity index (χ1) is 5.22. The number of hydrogen-bond donors (Lipinski definition) is 0. The molecule has 0 radical (unpaired) electrons. The predicted octanol–water partition coefficient (Wildman–Crippen LogP) is 1.12. The Hall–Kier alpha value is -0.410. The van der Waals surface area contributed by atoms with Crippen molar-refractivity contribution in [1.29, 1.82) is 0 Å². The molecule has 0 N–H and O–H groups in total. The van der Waals surface area contributed by atoms with Gasteiger partial charge >= 0.3 is 0 Å². The third-order valence-electron chi connectivity index (χ3n) is 1.76. The number of carbonyl (C=O) groups excluding carboxylic acids is 1. The van der Waals surface area contributed by atoms with Gasteiger partial charge in [0.1, 0.15) is 6.29 Å². The van der Waals surface area contributed by atoms with Gasteiger partial charge in [-0.15, -0.1) is 0 Å². The van der Waals surface area contributed by atoms with E-state index in [1.54, 1.807) is 0 Å². The van der Waals surface area contributed by atoms with Crippen LogP contribution in [0.5, 0.6) is 0 Å². The third-order valence-corrected chi connectivity index (χ3v) is 1.76. The Bertz CT molecular complexity index is 125. The van der Waals surface area contributed by atoms with Gasteiger partial charge in [-0.05, 0) is 13.8 Å². The molecule has 1 heterocycles. The standard InChI is InChI=1S/C8H14O3/c1-6-5-8(3-4-9)11-7(2)10-6/h4,6-8H,3,5H2,1-2H3/t6-,7-,8+/m0/s1. The molecule has 1 aliphatic rings. The maximum atomic E-state index is 10.2. The van der Waals surface area contributed by atoms with E-state index >= 15 is 0 Å². The molecule has 1 saturated heterocycles. The van der Waals surface area contributed by atoms with E-state index in [-0.39, 0.29) is 18.5 Å². The molecule has 0 aromatic heterocycles. The minimum absolute atomic E-state index is 0.0613. The molecule has 3 atom stereocenters. The molecule has 0 aromatic carbocycles. The van der Waals surface area contributed by atoms with Gasteiger partial charge in [0, 0.05) is 12.8 Å². The molecule has 0 unspecified atom stereocenters. The first-order valence-corrected chi connectivity index (χ1v) is 3.97. The van der Waals surface area contributed by atoms with Gasteiger partial charge in [0.25, 0.3) is 0 Å². The summed E-state index contributed by atoms with van der Waals surface area (Å²) in [4.78, 5) is 10.2. The van der Waals surface area contributed by atoms with Crippen LogP contribution >= 0.6 is 0 Å². The molecule has 0 spiro atoms. The summed E-state index contributed by atoms with van der Waals surface area (Å²) in [5, 5.41) is 0. The summed E-state index contributed by atoms with van der Waals surface area (Å²) < 4.78 is 10.7. The van der Waals surface area contributed by atoms with Crippen LogP contribution in [-0.4, -0.2) is 24.8 Å².